The van der Waals surface area contributed by atoms with Crippen LogP contribution in [0.2, 0.25) is 10.2 Å². The van der Waals surface area contributed by atoms with E-state index >= 15 is 0 Å². The van der Waals surface area contributed by atoms with E-state index < -0.39 is 5.97 Å². The molecule has 26 heavy (non-hydrogen) atoms. The number of benzene rings is 1. The summed E-state index contributed by atoms with van der Waals surface area (Å²) < 4.78 is 6.66. The second-order valence-electron chi connectivity index (χ2n) is 5.51. The maximum atomic E-state index is 12.0. The summed E-state index contributed by atoms with van der Waals surface area (Å²) in [5.74, 6) is -0.886. The number of rotatable bonds is 5. The van der Waals surface area contributed by atoms with E-state index in [1.807, 2.05) is 30.3 Å². The Kier molecular flexibility index (Phi) is 5.61. The van der Waals surface area contributed by atoms with Gasteiger partial charge in [0.05, 0.1) is 28.6 Å². The van der Waals surface area contributed by atoms with Gasteiger partial charge in [0.25, 0.3) is 0 Å². The van der Waals surface area contributed by atoms with E-state index in [1.165, 1.54) is 0 Å². The lowest BCUT2D eigenvalue weighted by Crippen LogP contribution is -2.12. The molecule has 1 N–H and O–H groups in total. The standard InChI is InChI=1S/C18H15Cl3N2O3/c1-2-26-18(25)14-16(24)13-11(20)9-23(15(13)17(21)22-14)12(8-19)10-6-4-3-5-7-10/h3-7,9,12,24H,2,8H2,1H3. The monoisotopic (exact) mass is 412 g/mol. The summed E-state index contributed by atoms with van der Waals surface area (Å²) in [6.45, 7) is 1.80. The number of carbonyl (C=O) groups is 1. The first-order valence-corrected chi connectivity index (χ1v) is 9.15. The number of pyridine rings is 1. The summed E-state index contributed by atoms with van der Waals surface area (Å²) in [6.07, 6.45) is 1.62. The smallest absolute Gasteiger partial charge is 0.360 e. The highest BCUT2D eigenvalue weighted by Crippen LogP contribution is 2.41. The molecule has 1 unspecified atom stereocenters. The zero-order valence-electron chi connectivity index (χ0n) is 13.7. The number of esters is 1. The van der Waals surface area contributed by atoms with Gasteiger partial charge in [-0.25, -0.2) is 9.78 Å². The van der Waals surface area contributed by atoms with E-state index in [9.17, 15) is 9.90 Å². The first-order chi connectivity index (χ1) is 12.5. The van der Waals surface area contributed by atoms with Gasteiger partial charge in [0.15, 0.2) is 16.6 Å². The van der Waals surface area contributed by atoms with Gasteiger partial charge in [-0.1, -0.05) is 53.5 Å². The van der Waals surface area contributed by atoms with Crippen LogP contribution in [0.15, 0.2) is 36.5 Å². The Balaban J connectivity index is 2.24. The quantitative estimate of drug-likeness (QED) is 0.361. The first kappa shape index (κ1) is 18.8. The summed E-state index contributed by atoms with van der Waals surface area (Å²) in [5.41, 5.74) is 1.07. The van der Waals surface area contributed by atoms with Gasteiger partial charge in [-0.2, -0.15) is 0 Å². The van der Waals surface area contributed by atoms with Crippen LogP contribution in [0, 0.1) is 0 Å². The molecule has 2 heterocycles. The van der Waals surface area contributed by atoms with Gasteiger partial charge >= 0.3 is 5.97 Å². The zero-order valence-corrected chi connectivity index (χ0v) is 16.0. The van der Waals surface area contributed by atoms with Gasteiger partial charge in [-0.3, -0.25) is 0 Å². The van der Waals surface area contributed by atoms with E-state index in [1.54, 1.807) is 17.7 Å². The van der Waals surface area contributed by atoms with Gasteiger partial charge < -0.3 is 14.4 Å². The fraction of sp³-hybridized carbons (Fsp3) is 0.222. The molecule has 2 aromatic heterocycles. The summed E-state index contributed by atoms with van der Waals surface area (Å²) in [7, 11) is 0. The third kappa shape index (κ3) is 3.22. The molecule has 0 radical (unpaired) electrons. The topological polar surface area (TPSA) is 64.3 Å². The Bertz CT molecular complexity index is 957. The molecule has 5 nitrogen and oxygen atoms in total. The zero-order chi connectivity index (χ0) is 18.8. The van der Waals surface area contributed by atoms with Crippen molar-refractivity contribution in [1.29, 1.82) is 0 Å². The van der Waals surface area contributed by atoms with Gasteiger partial charge in [0, 0.05) is 12.1 Å². The van der Waals surface area contributed by atoms with Crippen LogP contribution in [0.3, 0.4) is 0 Å². The van der Waals surface area contributed by atoms with Crippen molar-refractivity contribution in [3.8, 4) is 5.75 Å². The Morgan fingerprint density at radius 1 is 1.31 bits per heavy atom. The molecule has 8 heteroatoms. The van der Waals surface area contributed by atoms with Gasteiger partial charge in [0.1, 0.15) is 0 Å². The summed E-state index contributed by atoms with van der Waals surface area (Å²) in [4.78, 5) is 16.0. The van der Waals surface area contributed by atoms with Gasteiger partial charge in [0.2, 0.25) is 0 Å². The number of nitrogens with zero attached hydrogens (tertiary/aromatic N) is 2. The fourth-order valence-corrected chi connectivity index (χ4v) is 3.73. The predicted octanol–water partition coefficient (Wildman–Crippen LogP) is 5.05. The minimum absolute atomic E-state index is 0.0267. The molecule has 0 amide bonds. The number of alkyl halides is 1. The molecule has 3 aromatic rings. The number of aromatic nitrogens is 2. The van der Waals surface area contributed by atoms with Gasteiger partial charge in [-0.05, 0) is 12.5 Å². The SMILES string of the molecule is CCOC(=O)c1nc(Cl)c2c(c(Cl)cn2C(CCl)c2ccccc2)c1O. The highest BCUT2D eigenvalue weighted by molar-refractivity contribution is 6.40. The molecule has 3 rings (SSSR count). The van der Waals surface area contributed by atoms with E-state index in [4.69, 9.17) is 39.5 Å². The Morgan fingerprint density at radius 3 is 2.62 bits per heavy atom. The maximum Gasteiger partial charge on any atom is 0.360 e. The Morgan fingerprint density at radius 2 is 2.00 bits per heavy atom. The molecule has 1 aromatic carbocycles. The summed E-state index contributed by atoms with van der Waals surface area (Å²) >= 11 is 18.9. The maximum absolute atomic E-state index is 12.0. The lowest BCUT2D eigenvalue weighted by molar-refractivity contribution is 0.0516. The number of hydrogen-bond acceptors (Lipinski definition) is 4. The first-order valence-electron chi connectivity index (χ1n) is 7.86. The van der Waals surface area contributed by atoms with Crippen molar-refractivity contribution < 1.29 is 14.6 Å². The van der Waals surface area contributed by atoms with Crippen LogP contribution in [-0.2, 0) is 4.74 Å². The van der Waals surface area contributed by atoms with Crippen molar-refractivity contribution in [2.45, 2.75) is 13.0 Å². The summed E-state index contributed by atoms with van der Waals surface area (Å²) in [5, 5.41) is 11.0. The number of fused-ring (bicyclic) bond motifs is 1. The Labute approximate surface area is 165 Å². The van der Waals surface area contributed by atoms with Crippen LogP contribution < -0.4 is 0 Å². The van der Waals surface area contributed by atoms with Crippen LogP contribution in [-0.4, -0.2) is 33.1 Å². The largest absolute Gasteiger partial charge is 0.505 e. The second kappa shape index (κ2) is 7.74. The minimum atomic E-state index is -0.769. The van der Waals surface area contributed by atoms with E-state index in [2.05, 4.69) is 4.98 Å². The van der Waals surface area contributed by atoms with E-state index in [0.717, 1.165) is 5.56 Å². The number of halogens is 3. The van der Waals surface area contributed by atoms with Crippen LogP contribution in [0.25, 0.3) is 10.9 Å². The molecule has 0 aliphatic heterocycles. The average Bonchev–Trinajstić information content (AvgIpc) is 2.98. The number of hydrogen-bond donors (Lipinski definition) is 1. The van der Waals surface area contributed by atoms with Crippen LogP contribution in [0.1, 0.15) is 29.0 Å². The highest BCUT2D eigenvalue weighted by Gasteiger charge is 2.26. The second-order valence-corrected chi connectivity index (χ2v) is 6.58. The van der Waals surface area contributed by atoms with Crippen molar-refractivity contribution >= 4 is 51.7 Å². The van der Waals surface area contributed by atoms with Gasteiger partial charge in [-0.15, -0.1) is 11.6 Å². The number of carbonyl (C=O) groups excluding carboxylic acids is 1. The van der Waals surface area contributed by atoms with Crippen molar-refractivity contribution in [2.24, 2.45) is 0 Å². The normalized spacial score (nSPS) is 12.3. The van der Waals surface area contributed by atoms with Crippen molar-refractivity contribution in [1.82, 2.24) is 9.55 Å². The van der Waals surface area contributed by atoms with E-state index in [0.29, 0.717) is 5.52 Å². The molecule has 0 aliphatic rings. The predicted molar refractivity (Wildman–Crippen MR) is 103 cm³/mol. The molecule has 136 valence electrons. The molecule has 0 fully saturated rings. The van der Waals surface area contributed by atoms with Crippen LogP contribution in [0.5, 0.6) is 5.75 Å². The Hall–Kier alpha value is -1.95. The minimum Gasteiger partial charge on any atom is -0.505 e. The molecule has 1 atom stereocenters. The molecule has 0 bridgehead atoms. The number of ether oxygens (including phenoxy) is 1. The number of aromatic hydroxyl groups is 1. The molecular weight excluding hydrogens is 399 g/mol. The van der Waals surface area contributed by atoms with E-state index in [-0.39, 0.29) is 45.5 Å². The average molecular weight is 414 g/mol. The van der Waals surface area contributed by atoms with Crippen molar-refractivity contribution in [3.63, 3.8) is 0 Å². The van der Waals surface area contributed by atoms with Crippen molar-refractivity contribution in [2.75, 3.05) is 12.5 Å². The fourth-order valence-electron chi connectivity index (χ4n) is 2.84. The van der Waals surface area contributed by atoms with Crippen LogP contribution >= 0.6 is 34.8 Å². The van der Waals surface area contributed by atoms with Crippen LogP contribution in [0.4, 0.5) is 0 Å². The molecule has 0 saturated carbocycles. The summed E-state index contributed by atoms with van der Waals surface area (Å²) in [6, 6.07) is 9.29. The molecule has 0 aliphatic carbocycles. The molecular formula is C18H15Cl3N2O3. The lowest BCUT2D eigenvalue weighted by Gasteiger charge is -2.18. The molecule has 0 saturated heterocycles. The molecule has 0 spiro atoms. The third-order valence-corrected chi connectivity index (χ3v) is 4.83. The van der Waals surface area contributed by atoms with Crippen molar-refractivity contribution in [3.05, 3.63) is 58.0 Å². The third-order valence-electron chi connectivity index (χ3n) is 3.99. The lowest BCUT2D eigenvalue weighted by atomic mass is 10.1. The highest BCUT2D eigenvalue weighted by atomic mass is 35.5.